The number of aliphatic carboxylic acids is 1. The Kier molecular flexibility index (Phi) is 9.37. The van der Waals surface area contributed by atoms with Crippen LogP contribution >= 0.6 is 0 Å². The third-order valence-electron chi connectivity index (χ3n) is 2.32. The van der Waals surface area contributed by atoms with Crippen LogP contribution in [0.3, 0.4) is 0 Å². The van der Waals surface area contributed by atoms with E-state index in [1.165, 1.54) is 4.90 Å². The monoisotopic (exact) mass is 247 g/mol. The summed E-state index contributed by atoms with van der Waals surface area (Å²) in [5.41, 5.74) is 0. The molecule has 0 atom stereocenters. The molecule has 100 valence electrons. The van der Waals surface area contributed by atoms with Crippen molar-refractivity contribution in [2.24, 2.45) is 0 Å². The standard InChI is InChI=1S/C11H21NO5/c1-17-9-7-12(6-8-13)10(14)4-2-3-5-11(15)16/h13H,2-9H2,1H3,(H,15,16). The second kappa shape index (κ2) is 10.0. The quantitative estimate of drug-likeness (QED) is 0.535. The molecule has 0 spiro atoms. The molecule has 0 radical (unpaired) electrons. The van der Waals surface area contributed by atoms with Gasteiger partial charge in [-0.1, -0.05) is 0 Å². The molecule has 0 aliphatic rings. The highest BCUT2D eigenvalue weighted by Gasteiger charge is 2.12. The summed E-state index contributed by atoms with van der Waals surface area (Å²) in [5.74, 6) is -0.912. The SMILES string of the molecule is COCCN(CCO)C(=O)CCCCC(=O)O. The van der Waals surface area contributed by atoms with Gasteiger partial charge in [0.15, 0.2) is 0 Å². The van der Waals surface area contributed by atoms with Gasteiger partial charge < -0.3 is 19.8 Å². The lowest BCUT2D eigenvalue weighted by molar-refractivity contribution is -0.137. The first-order valence-electron chi connectivity index (χ1n) is 5.71. The zero-order valence-corrected chi connectivity index (χ0v) is 10.2. The summed E-state index contributed by atoms with van der Waals surface area (Å²) in [5, 5.41) is 17.3. The summed E-state index contributed by atoms with van der Waals surface area (Å²) in [6.45, 7) is 1.10. The molecular weight excluding hydrogens is 226 g/mol. The maximum Gasteiger partial charge on any atom is 0.303 e. The van der Waals surface area contributed by atoms with Crippen LogP contribution in [0.5, 0.6) is 0 Å². The number of aliphatic hydroxyl groups excluding tert-OH is 1. The van der Waals surface area contributed by atoms with Gasteiger partial charge in [0.25, 0.3) is 0 Å². The Morgan fingerprint density at radius 1 is 1.18 bits per heavy atom. The van der Waals surface area contributed by atoms with Crippen molar-refractivity contribution >= 4 is 11.9 Å². The Balaban J connectivity index is 3.83. The number of hydrogen-bond donors (Lipinski definition) is 2. The number of carbonyl (C=O) groups excluding carboxylic acids is 1. The predicted molar refractivity (Wildman–Crippen MR) is 61.6 cm³/mol. The Morgan fingerprint density at radius 3 is 2.35 bits per heavy atom. The second-order valence-corrected chi connectivity index (χ2v) is 3.70. The lowest BCUT2D eigenvalue weighted by Gasteiger charge is -2.21. The minimum atomic E-state index is -0.843. The fourth-order valence-electron chi connectivity index (χ4n) is 1.39. The molecule has 17 heavy (non-hydrogen) atoms. The maximum atomic E-state index is 11.7. The van der Waals surface area contributed by atoms with Crippen molar-refractivity contribution in [3.05, 3.63) is 0 Å². The lowest BCUT2D eigenvalue weighted by Crippen LogP contribution is -2.36. The number of aliphatic hydroxyl groups is 1. The summed E-state index contributed by atoms with van der Waals surface area (Å²) in [4.78, 5) is 23.5. The molecule has 6 heteroatoms. The van der Waals surface area contributed by atoms with Crippen LogP contribution in [0.4, 0.5) is 0 Å². The number of carboxylic acid groups (broad SMARTS) is 1. The van der Waals surface area contributed by atoms with Crippen LogP contribution in [0.2, 0.25) is 0 Å². The second-order valence-electron chi connectivity index (χ2n) is 3.70. The molecule has 0 aliphatic carbocycles. The fourth-order valence-corrected chi connectivity index (χ4v) is 1.39. The third kappa shape index (κ3) is 8.65. The fraction of sp³-hybridized carbons (Fsp3) is 0.818. The largest absolute Gasteiger partial charge is 0.481 e. The van der Waals surface area contributed by atoms with E-state index in [0.717, 1.165) is 0 Å². The van der Waals surface area contributed by atoms with Gasteiger partial charge in [0.2, 0.25) is 5.91 Å². The Bertz CT molecular complexity index is 232. The number of rotatable bonds is 10. The average Bonchev–Trinajstić information content (AvgIpc) is 2.29. The van der Waals surface area contributed by atoms with Crippen LogP contribution in [-0.4, -0.2) is 60.4 Å². The van der Waals surface area contributed by atoms with Crippen LogP contribution in [0.15, 0.2) is 0 Å². The van der Waals surface area contributed by atoms with E-state index in [2.05, 4.69) is 0 Å². The van der Waals surface area contributed by atoms with E-state index in [1.807, 2.05) is 0 Å². The van der Waals surface area contributed by atoms with E-state index in [9.17, 15) is 9.59 Å². The van der Waals surface area contributed by atoms with Crippen LogP contribution in [-0.2, 0) is 14.3 Å². The molecular formula is C11H21NO5. The first-order valence-corrected chi connectivity index (χ1v) is 5.71. The molecule has 1 amide bonds. The minimum Gasteiger partial charge on any atom is -0.481 e. The number of nitrogens with zero attached hydrogens (tertiary/aromatic N) is 1. The van der Waals surface area contributed by atoms with Gasteiger partial charge in [-0.2, -0.15) is 0 Å². The molecule has 6 nitrogen and oxygen atoms in total. The molecule has 0 heterocycles. The zero-order chi connectivity index (χ0) is 13.1. The van der Waals surface area contributed by atoms with Gasteiger partial charge in [-0.15, -0.1) is 0 Å². The molecule has 0 aromatic carbocycles. The topological polar surface area (TPSA) is 87.1 Å². The van der Waals surface area contributed by atoms with Crippen LogP contribution in [0.1, 0.15) is 25.7 Å². The first kappa shape index (κ1) is 15.9. The van der Waals surface area contributed by atoms with Crippen molar-refractivity contribution in [2.45, 2.75) is 25.7 Å². The van der Waals surface area contributed by atoms with Crippen molar-refractivity contribution in [3.63, 3.8) is 0 Å². The molecule has 0 saturated heterocycles. The number of hydrogen-bond acceptors (Lipinski definition) is 4. The molecule has 0 aromatic heterocycles. The highest BCUT2D eigenvalue weighted by Crippen LogP contribution is 2.03. The van der Waals surface area contributed by atoms with Gasteiger partial charge in [0.1, 0.15) is 0 Å². The van der Waals surface area contributed by atoms with Gasteiger partial charge in [-0.25, -0.2) is 0 Å². The summed E-state index contributed by atoms with van der Waals surface area (Å²) in [7, 11) is 1.55. The summed E-state index contributed by atoms with van der Waals surface area (Å²) in [6, 6.07) is 0. The number of ether oxygens (including phenoxy) is 1. The van der Waals surface area contributed by atoms with E-state index in [-0.39, 0.29) is 18.9 Å². The van der Waals surface area contributed by atoms with Crippen LogP contribution < -0.4 is 0 Å². The van der Waals surface area contributed by atoms with Crippen molar-refractivity contribution in [3.8, 4) is 0 Å². The molecule has 0 rings (SSSR count). The van der Waals surface area contributed by atoms with E-state index in [0.29, 0.717) is 39.0 Å². The Labute approximate surface area is 101 Å². The molecule has 0 bridgehead atoms. The molecule has 2 N–H and O–H groups in total. The van der Waals surface area contributed by atoms with E-state index < -0.39 is 5.97 Å². The van der Waals surface area contributed by atoms with Crippen molar-refractivity contribution in [1.29, 1.82) is 0 Å². The molecule has 0 aromatic rings. The first-order chi connectivity index (χ1) is 8.11. The van der Waals surface area contributed by atoms with Gasteiger partial charge in [0.05, 0.1) is 13.2 Å². The van der Waals surface area contributed by atoms with Crippen LogP contribution in [0.25, 0.3) is 0 Å². The van der Waals surface area contributed by atoms with E-state index in [1.54, 1.807) is 7.11 Å². The van der Waals surface area contributed by atoms with Gasteiger partial charge in [-0.05, 0) is 12.8 Å². The summed E-state index contributed by atoms with van der Waals surface area (Å²) < 4.78 is 4.87. The number of methoxy groups -OCH3 is 1. The van der Waals surface area contributed by atoms with Crippen molar-refractivity contribution in [2.75, 3.05) is 33.4 Å². The average molecular weight is 247 g/mol. The molecule has 0 aliphatic heterocycles. The number of amides is 1. The van der Waals surface area contributed by atoms with Crippen molar-refractivity contribution < 1.29 is 24.5 Å². The molecule has 0 fully saturated rings. The summed E-state index contributed by atoms with van der Waals surface area (Å²) in [6.07, 6.45) is 1.46. The zero-order valence-electron chi connectivity index (χ0n) is 10.2. The normalized spacial score (nSPS) is 10.2. The molecule has 0 saturated carbocycles. The van der Waals surface area contributed by atoms with E-state index >= 15 is 0 Å². The Morgan fingerprint density at radius 2 is 1.82 bits per heavy atom. The third-order valence-corrected chi connectivity index (χ3v) is 2.32. The molecule has 0 unspecified atom stereocenters. The number of carboxylic acids is 1. The highest BCUT2D eigenvalue weighted by molar-refractivity contribution is 5.76. The van der Waals surface area contributed by atoms with Crippen LogP contribution in [0, 0.1) is 0 Å². The smallest absolute Gasteiger partial charge is 0.303 e. The number of carbonyl (C=O) groups is 2. The number of unbranched alkanes of at least 4 members (excludes halogenated alkanes) is 1. The lowest BCUT2D eigenvalue weighted by atomic mass is 10.2. The van der Waals surface area contributed by atoms with Gasteiger partial charge in [0, 0.05) is 33.0 Å². The highest BCUT2D eigenvalue weighted by atomic mass is 16.5. The van der Waals surface area contributed by atoms with E-state index in [4.69, 9.17) is 14.9 Å². The predicted octanol–water partition coefficient (Wildman–Crippen LogP) is 0.0987. The Hall–Kier alpha value is -1.14. The van der Waals surface area contributed by atoms with Crippen molar-refractivity contribution in [1.82, 2.24) is 4.90 Å². The summed E-state index contributed by atoms with van der Waals surface area (Å²) >= 11 is 0. The van der Waals surface area contributed by atoms with Gasteiger partial charge in [-0.3, -0.25) is 9.59 Å². The van der Waals surface area contributed by atoms with Gasteiger partial charge >= 0.3 is 5.97 Å². The minimum absolute atomic E-state index is 0.0681. The maximum absolute atomic E-state index is 11.7.